The lowest BCUT2D eigenvalue weighted by molar-refractivity contribution is 0.0963. The molecular weight excluding hydrogens is 278 g/mol. The number of carbonyl (C=O) groups excluding carboxylic acids is 1. The van der Waals surface area contributed by atoms with Crippen LogP contribution in [0.4, 0.5) is 0 Å². The van der Waals surface area contributed by atoms with Crippen molar-refractivity contribution in [2.75, 3.05) is 20.1 Å². The van der Waals surface area contributed by atoms with E-state index in [0.29, 0.717) is 12.1 Å². The van der Waals surface area contributed by atoms with Gasteiger partial charge in [0.05, 0.1) is 4.90 Å². The molecule has 1 aliphatic rings. The van der Waals surface area contributed by atoms with E-state index in [9.17, 15) is 13.2 Å². The van der Waals surface area contributed by atoms with Crippen LogP contribution in [0.5, 0.6) is 0 Å². The Kier molecular flexibility index (Phi) is 4.74. The van der Waals surface area contributed by atoms with Crippen LogP contribution in [0.15, 0.2) is 29.2 Å². The van der Waals surface area contributed by atoms with Gasteiger partial charge < -0.3 is 10.6 Å². The minimum atomic E-state index is -3.53. The van der Waals surface area contributed by atoms with Crippen molar-refractivity contribution in [2.45, 2.75) is 23.8 Å². The summed E-state index contributed by atoms with van der Waals surface area (Å²) < 4.78 is 27.1. The van der Waals surface area contributed by atoms with Gasteiger partial charge in [0.25, 0.3) is 5.91 Å². The van der Waals surface area contributed by atoms with Gasteiger partial charge >= 0.3 is 0 Å². The van der Waals surface area contributed by atoms with Crippen LogP contribution < -0.4 is 15.4 Å². The van der Waals surface area contributed by atoms with Crippen molar-refractivity contribution < 1.29 is 13.2 Å². The molecule has 1 heterocycles. The van der Waals surface area contributed by atoms with Crippen molar-refractivity contribution in [1.29, 1.82) is 0 Å². The molecule has 0 bridgehead atoms. The van der Waals surface area contributed by atoms with Crippen LogP contribution in [-0.2, 0) is 10.0 Å². The highest BCUT2D eigenvalue weighted by Gasteiger charge is 2.21. The molecule has 1 saturated heterocycles. The molecule has 1 aliphatic heterocycles. The summed E-state index contributed by atoms with van der Waals surface area (Å²) in [6.07, 6.45) is 1.80. The van der Waals surface area contributed by atoms with Gasteiger partial charge in [-0.25, -0.2) is 13.1 Å². The molecule has 0 spiro atoms. The summed E-state index contributed by atoms with van der Waals surface area (Å²) in [4.78, 5) is 11.6. The standard InChI is InChI=1S/C13H19N3O3S/c1-14-13(17)10-4-6-12(7-5-10)20(18,19)16-11-3-2-8-15-9-11/h4-7,11,15-16H,2-3,8-9H2,1H3,(H,14,17)/t11-/m1/s1. The highest BCUT2D eigenvalue weighted by Crippen LogP contribution is 2.13. The largest absolute Gasteiger partial charge is 0.355 e. The first-order valence-corrected chi connectivity index (χ1v) is 8.06. The minimum absolute atomic E-state index is 0.0765. The smallest absolute Gasteiger partial charge is 0.251 e. The first-order chi connectivity index (χ1) is 9.53. The molecule has 1 atom stereocenters. The number of benzene rings is 1. The van der Waals surface area contributed by atoms with Gasteiger partial charge in [0.1, 0.15) is 0 Å². The molecule has 1 amide bonds. The third-order valence-corrected chi connectivity index (χ3v) is 4.81. The molecule has 0 radical (unpaired) electrons. The second-order valence-corrected chi connectivity index (χ2v) is 6.48. The summed E-state index contributed by atoms with van der Waals surface area (Å²) in [6, 6.07) is 5.83. The van der Waals surface area contributed by atoms with E-state index in [1.54, 1.807) is 0 Å². The first kappa shape index (κ1) is 15.0. The van der Waals surface area contributed by atoms with Gasteiger partial charge in [-0.05, 0) is 43.7 Å². The van der Waals surface area contributed by atoms with E-state index in [0.717, 1.165) is 19.4 Å². The Hall–Kier alpha value is -1.44. The van der Waals surface area contributed by atoms with Crippen LogP contribution in [0.3, 0.4) is 0 Å². The lowest BCUT2D eigenvalue weighted by Gasteiger charge is -2.23. The maximum Gasteiger partial charge on any atom is 0.251 e. The molecular formula is C13H19N3O3S. The molecule has 0 saturated carbocycles. The van der Waals surface area contributed by atoms with Crippen molar-refractivity contribution in [3.05, 3.63) is 29.8 Å². The van der Waals surface area contributed by atoms with E-state index in [2.05, 4.69) is 15.4 Å². The van der Waals surface area contributed by atoms with Gasteiger partial charge in [-0.1, -0.05) is 0 Å². The number of amides is 1. The van der Waals surface area contributed by atoms with Crippen LogP contribution in [-0.4, -0.2) is 40.5 Å². The van der Waals surface area contributed by atoms with E-state index in [4.69, 9.17) is 0 Å². The fraction of sp³-hybridized carbons (Fsp3) is 0.462. The summed E-state index contributed by atoms with van der Waals surface area (Å²) in [5.74, 6) is -0.238. The number of nitrogens with one attached hydrogen (secondary N) is 3. The Morgan fingerprint density at radius 1 is 1.30 bits per heavy atom. The maximum atomic E-state index is 12.2. The average Bonchev–Trinajstić information content (AvgIpc) is 2.47. The SMILES string of the molecule is CNC(=O)c1ccc(S(=O)(=O)N[C@@H]2CCCNC2)cc1. The van der Waals surface area contributed by atoms with Crippen molar-refractivity contribution in [1.82, 2.24) is 15.4 Å². The zero-order valence-corrected chi connectivity index (χ0v) is 12.2. The molecule has 0 aliphatic carbocycles. The van der Waals surface area contributed by atoms with Crippen molar-refractivity contribution in [3.63, 3.8) is 0 Å². The quantitative estimate of drug-likeness (QED) is 0.734. The number of hydrogen-bond donors (Lipinski definition) is 3. The highest BCUT2D eigenvalue weighted by atomic mass is 32.2. The zero-order chi connectivity index (χ0) is 14.6. The Balaban J connectivity index is 2.10. The molecule has 3 N–H and O–H groups in total. The van der Waals surface area contributed by atoms with E-state index < -0.39 is 10.0 Å². The van der Waals surface area contributed by atoms with Crippen molar-refractivity contribution in [2.24, 2.45) is 0 Å². The molecule has 20 heavy (non-hydrogen) atoms. The number of hydrogen-bond acceptors (Lipinski definition) is 4. The average molecular weight is 297 g/mol. The van der Waals surface area contributed by atoms with Gasteiger partial charge in [0.2, 0.25) is 10.0 Å². The maximum absolute atomic E-state index is 12.2. The second-order valence-electron chi connectivity index (χ2n) is 4.77. The number of carbonyl (C=O) groups is 1. The van der Waals surface area contributed by atoms with Gasteiger partial charge in [-0.15, -0.1) is 0 Å². The lowest BCUT2D eigenvalue weighted by atomic mass is 10.1. The number of sulfonamides is 1. The number of piperidine rings is 1. The third kappa shape index (κ3) is 3.56. The van der Waals surface area contributed by atoms with Gasteiger partial charge in [-0.3, -0.25) is 4.79 Å². The monoisotopic (exact) mass is 297 g/mol. The van der Waals surface area contributed by atoms with E-state index in [-0.39, 0.29) is 16.8 Å². The molecule has 2 rings (SSSR count). The molecule has 1 fully saturated rings. The second kappa shape index (κ2) is 6.34. The Morgan fingerprint density at radius 2 is 2.00 bits per heavy atom. The molecule has 7 heteroatoms. The summed E-state index contributed by atoms with van der Waals surface area (Å²) >= 11 is 0. The Morgan fingerprint density at radius 3 is 2.55 bits per heavy atom. The summed E-state index contributed by atoms with van der Waals surface area (Å²) in [6.45, 7) is 1.58. The molecule has 6 nitrogen and oxygen atoms in total. The van der Waals surface area contributed by atoms with Crippen LogP contribution in [0.25, 0.3) is 0 Å². The predicted octanol–water partition coefficient (Wildman–Crippen LogP) is 0.0765. The Labute approximate surface area is 119 Å². The van der Waals surface area contributed by atoms with Crippen LogP contribution >= 0.6 is 0 Å². The van der Waals surface area contributed by atoms with E-state index in [1.165, 1.54) is 31.3 Å². The van der Waals surface area contributed by atoms with Crippen LogP contribution in [0.2, 0.25) is 0 Å². The summed E-state index contributed by atoms with van der Waals surface area (Å²) in [5.41, 5.74) is 0.436. The minimum Gasteiger partial charge on any atom is -0.355 e. The zero-order valence-electron chi connectivity index (χ0n) is 11.3. The van der Waals surface area contributed by atoms with Crippen molar-refractivity contribution in [3.8, 4) is 0 Å². The normalized spacial score (nSPS) is 19.6. The predicted molar refractivity (Wildman–Crippen MR) is 76.0 cm³/mol. The summed E-state index contributed by atoms with van der Waals surface area (Å²) in [7, 11) is -2.00. The first-order valence-electron chi connectivity index (χ1n) is 6.58. The highest BCUT2D eigenvalue weighted by molar-refractivity contribution is 7.89. The van der Waals surface area contributed by atoms with Crippen molar-refractivity contribution >= 4 is 15.9 Å². The topological polar surface area (TPSA) is 87.3 Å². The van der Waals surface area contributed by atoms with E-state index in [1.807, 2.05) is 0 Å². The molecule has 0 unspecified atom stereocenters. The van der Waals surface area contributed by atoms with Crippen LogP contribution in [0, 0.1) is 0 Å². The van der Waals surface area contributed by atoms with Gasteiger partial charge in [0, 0.05) is 25.2 Å². The third-order valence-electron chi connectivity index (χ3n) is 3.27. The number of rotatable bonds is 4. The fourth-order valence-corrected chi connectivity index (χ4v) is 3.44. The molecule has 0 aromatic heterocycles. The fourth-order valence-electron chi connectivity index (χ4n) is 2.17. The van der Waals surface area contributed by atoms with E-state index >= 15 is 0 Å². The van der Waals surface area contributed by atoms with Gasteiger partial charge in [0.15, 0.2) is 0 Å². The lowest BCUT2D eigenvalue weighted by Crippen LogP contribution is -2.45. The molecule has 1 aromatic rings. The Bertz CT molecular complexity index is 563. The molecule has 110 valence electrons. The van der Waals surface area contributed by atoms with Gasteiger partial charge in [-0.2, -0.15) is 0 Å². The van der Waals surface area contributed by atoms with Crippen LogP contribution in [0.1, 0.15) is 23.2 Å². The molecule has 1 aromatic carbocycles. The summed E-state index contributed by atoms with van der Waals surface area (Å²) in [5, 5.41) is 5.65.